The Balaban J connectivity index is 1.71. The standard InChI is InChI=1S/C12H17N3O3/c16-11(8-1-2-9(7-8)12(17)18)15-4-3-10-13-5-6-14-10/h5-6,8-9H,1-4,7H2,(H,13,14)(H,15,16)(H,17,18)/t8-,9+/m1/s1. The number of aliphatic carboxylic acids is 1. The summed E-state index contributed by atoms with van der Waals surface area (Å²) in [5, 5.41) is 11.7. The Hall–Kier alpha value is -1.85. The van der Waals surface area contributed by atoms with Crippen LogP contribution in [-0.2, 0) is 16.0 Å². The van der Waals surface area contributed by atoms with Crippen LogP contribution in [0.4, 0.5) is 0 Å². The number of rotatable bonds is 5. The number of imidazole rings is 1. The van der Waals surface area contributed by atoms with Crippen LogP contribution in [0.15, 0.2) is 12.4 Å². The van der Waals surface area contributed by atoms with Crippen molar-refractivity contribution >= 4 is 11.9 Å². The van der Waals surface area contributed by atoms with Gasteiger partial charge in [-0.05, 0) is 19.3 Å². The summed E-state index contributed by atoms with van der Waals surface area (Å²) >= 11 is 0. The van der Waals surface area contributed by atoms with Gasteiger partial charge in [-0.25, -0.2) is 4.98 Å². The summed E-state index contributed by atoms with van der Waals surface area (Å²) < 4.78 is 0. The summed E-state index contributed by atoms with van der Waals surface area (Å²) in [7, 11) is 0. The second kappa shape index (κ2) is 5.66. The Morgan fingerprint density at radius 2 is 2.22 bits per heavy atom. The predicted molar refractivity (Wildman–Crippen MR) is 63.8 cm³/mol. The lowest BCUT2D eigenvalue weighted by Crippen LogP contribution is -2.31. The van der Waals surface area contributed by atoms with Gasteiger partial charge in [-0.15, -0.1) is 0 Å². The van der Waals surface area contributed by atoms with E-state index in [2.05, 4.69) is 15.3 Å². The van der Waals surface area contributed by atoms with E-state index in [4.69, 9.17) is 5.11 Å². The first-order valence-electron chi connectivity index (χ1n) is 6.15. The average molecular weight is 251 g/mol. The van der Waals surface area contributed by atoms with Crippen molar-refractivity contribution in [3.8, 4) is 0 Å². The molecule has 1 aromatic heterocycles. The van der Waals surface area contributed by atoms with Gasteiger partial charge in [-0.1, -0.05) is 0 Å². The molecule has 6 nitrogen and oxygen atoms in total. The predicted octanol–water partition coefficient (Wildman–Crippen LogP) is 0.569. The SMILES string of the molecule is O=C(O)[C@H]1CC[C@@H](C(=O)NCCc2ncc[nH]2)C1. The first-order valence-corrected chi connectivity index (χ1v) is 6.15. The highest BCUT2D eigenvalue weighted by Crippen LogP contribution is 2.30. The number of carboxylic acid groups (broad SMARTS) is 1. The second-order valence-electron chi connectivity index (χ2n) is 4.62. The molecule has 0 radical (unpaired) electrons. The normalized spacial score (nSPS) is 22.9. The lowest BCUT2D eigenvalue weighted by molar-refractivity contribution is -0.141. The average Bonchev–Trinajstić information content (AvgIpc) is 2.99. The molecule has 3 N–H and O–H groups in total. The van der Waals surface area contributed by atoms with E-state index < -0.39 is 5.97 Å². The number of nitrogens with zero attached hydrogens (tertiary/aromatic N) is 1. The number of nitrogens with one attached hydrogen (secondary N) is 2. The van der Waals surface area contributed by atoms with E-state index in [1.54, 1.807) is 12.4 Å². The first-order chi connectivity index (χ1) is 8.66. The second-order valence-corrected chi connectivity index (χ2v) is 4.62. The summed E-state index contributed by atoms with van der Waals surface area (Å²) in [5.41, 5.74) is 0. The monoisotopic (exact) mass is 251 g/mol. The third-order valence-corrected chi connectivity index (χ3v) is 3.37. The molecule has 2 atom stereocenters. The number of hydrogen-bond donors (Lipinski definition) is 3. The maximum atomic E-state index is 11.8. The van der Waals surface area contributed by atoms with Crippen LogP contribution < -0.4 is 5.32 Å². The van der Waals surface area contributed by atoms with Crippen LogP contribution in [0.1, 0.15) is 25.1 Å². The van der Waals surface area contributed by atoms with Crippen LogP contribution >= 0.6 is 0 Å². The third-order valence-electron chi connectivity index (χ3n) is 3.37. The van der Waals surface area contributed by atoms with Crippen molar-refractivity contribution in [2.75, 3.05) is 6.54 Å². The van der Waals surface area contributed by atoms with Crippen LogP contribution in [0.2, 0.25) is 0 Å². The van der Waals surface area contributed by atoms with Gasteiger partial charge in [0.1, 0.15) is 5.82 Å². The van der Waals surface area contributed by atoms with Gasteiger partial charge >= 0.3 is 5.97 Å². The zero-order chi connectivity index (χ0) is 13.0. The van der Waals surface area contributed by atoms with Gasteiger partial charge in [-0.3, -0.25) is 9.59 Å². The van der Waals surface area contributed by atoms with E-state index in [-0.39, 0.29) is 17.7 Å². The minimum Gasteiger partial charge on any atom is -0.481 e. The van der Waals surface area contributed by atoms with Gasteiger partial charge in [-0.2, -0.15) is 0 Å². The fraction of sp³-hybridized carbons (Fsp3) is 0.583. The highest BCUT2D eigenvalue weighted by atomic mass is 16.4. The molecule has 1 fully saturated rings. The minimum atomic E-state index is -0.791. The molecular weight excluding hydrogens is 234 g/mol. The van der Waals surface area contributed by atoms with E-state index in [1.165, 1.54) is 0 Å². The summed E-state index contributed by atoms with van der Waals surface area (Å²) in [4.78, 5) is 29.6. The van der Waals surface area contributed by atoms with Crippen molar-refractivity contribution in [1.82, 2.24) is 15.3 Å². The molecule has 2 rings (SSSR count). The van der Waals surface area contributed by atoms with E-state index in [9.17, 15) is 9.59 Å². The van der Waals surface area contributed by atoms with Crippen molar-refractivity contribution in [1.29, 1.82) is 0 Å². The van der Waals surface area contributed by atoms with Crippen molar-refractivity contribution in [3.63, 3.8) is 0 Å². The topological polar surface area (TPSA) is 95.1 Å². The Bertz CT molecular complexity index is 416. The van der Waals surface area contributed by atoms with Crippen LogP contribution in [0.25, 0.3) is 0 Å². The smallest absolute Gasteiger partial charge is 0.306 e. The molecule has 98 valence electrons. The summed E-state index contributed by atoms with van der Waals surface area (Å²) in [6.45, 7) is 0.528. The Morgan fingerprint density at radius 3 is 2.83 bits per heavy atom. The molecule has 0 saturated heterocycles. The van der Waals surface area contributed by atoms with Crippen LogP contribution in [0.5, 0.6) is 0 Å². The highest BCUT2D eigenvalue weighted by Gasteiger charge is 2.33. The molecule has 18 heavy (non-hydrogen) atoms. The van der Waals surface area contributed by atoms with Crippen molar-refractivity contribution in [2.45, 2.75) is 25.7 Å². The highest BCUT2D eigenvalue weighted by molar-refractivity contribution is 5.80. The van der Waals surface area contributed by atoms with Crippen molar-refractivity contribution in [3.05, 3.63) is 18.2 Å². The number of H-pyrrole nitrogens is 1. The molecule has 1 aliphatic rings. The van der Waals surface area contributed by atoms with Crippen LogP contribution in [-0.4, -0.2) is 33.5 Å². The number of carboxylic acids is 1. The third kappa shape index (κ3) is 3.09. The maximum absolute atomic E-state index is 11.8. The molecule has 1 aliphatic carbocycles. The largest absolute Gasteiger partial charge is 0.481 e. The first kappa shape index (κ1) is 12.6. The minimum absolute atomic E-state index is 0.0368. The molecule has 0 bridgehead atoms. The Kier molecular flexibility index (Phi) is 3.96. The molecule has 0 aromatic carbocycles. The van der Waals surface area contributed by atoms with Crippen molar-refractivity contribution < 1.29 is 14.7 Å². The molecule has 1 heterocycles. The summed E-state index contributed by atoms with van der Waals surface area (Å²) in [6.07, 6.45) is 5.81. The zero-order valence-corrected chi connectivity index (χ0v) is 10.1. The van der Waals surface area contributed by atoms with E-state index >= 15 is 0 Å². The number of amides is 1. The molecule has 1 saturated carbocycles. The molecule has 0 unspecified atom stereocenters. The lowest BCUT2D eigenvalue weighted by atomic mass is 10.0. The lowest BCUT2D eigenvalue weighted by Gasteiger charge is -2.10. The maximum Gasteiger partial charge on any atom is 0.306 e. The fourth-order valence-corrected chi connectivity index (χ4v) is 2.33. The van der Waals surface area contributed by atoms with Crippen LogP contribution in [0.3, 0.4) is 0 Å². The zero-order valence-electron chi connectivity index (χ0n) is 10.1. The van der Waals surface area contributed by atoms with E-state index in [1.807, 2.05) is 0 Å². The quantitative estimate of drug-likeness (QED) is 0.713. The van der Waals surface area contributed by atoms with Gasteiger partial charge in [0.05, 0.1) is 5.92 Å². The number of aromatic nitrogens is 2. The molecular formula is C12H17N3O3. The number of aromatic amines is 1. The molecule has 0 aliphatic heterocycles. The van der Waals surface area contributed by atoms with Gasteiger partial charge in [0, 0.05) is 31.3 Å². The number of hydrogen-bond acceptors (Lipinski definition) is 3. The summed E-state index contributed by atoms with van der Waals surface area (Å²) in [5.74, 6) is -0.496. The van der Waals surface area contributed by atoms with Crippen LogP contribution in [0, 0.1) is 11.8 Å². The molecule has 1 amide bonds. The molecule has 1 aromatic rings. The number of carbonyl (C=O) groups is 2. The van der Waals surface area contributed by atoms with E-state index in [0.29, 0.717) is 32.2 Å². The Labute approximate surface area is 105 Å². The number of carbonyl (C=O) groups excluding carboxylic acids is 1. The molecule has 0 spiro atoms. The van der Waals surface area contributed by atoms with Crippen molar-refractivity contribution in [2.24, 2.45) is 11.8 Å². The van der Waals surface area contributed by atoms with Gasteiger partial charge in [0.25, 0.3) is 0 Å². The van der Waals surface area contributed by atoms with E-state index in [0.717, 1.165) is 5.82 Å². The van der Waals surface area contributed by atoms with Gasteiger partial charge in [0.2, 0.25) is 5.91 Å². The summed E-state index contributed by atoms with van der Waals surface area (Å²) in [6, 6.07) is 0. The fourth-order valence-electron chi connectivity index (χ4n) is 2.33. The Morgan fingerprint density at radius 1 is 1.44 bits per heavy atom. The van der Waals surface area contributed by atoms with Gasteiger partial charge < -0.3 is 15.4 Å². The molecule has 6 heteroatoms. The van der Waals surface area contributed by atoms with Gasteiger partial charge in [0.15, 0.2) is 0 Å².